The molecule has 0 aromatic heterocycles. The van der Waals surface area contributed by atoms with Gasteiger partial charge in [-0.15, -0.1) is 0 Å². The van der Waals surface area contributed by atoms with E-state index in [1.807, 2.05) is 12.1 Å². The average Bonchev–Trinajstić information content (AvgIpc) is 3.08. The summed E-state index contributed by atoms with van der Waals surface area (Å²) in [4.78, 5) is 23.2. The van der Waals surface area contributed by atoms with Crippen molar-refractivity contribution in [1.82, 2.24) is 5.32 Å². The lowest BCUT2D eigenvalue weighted by Gasteiger charge is -2.32. The van der Waals surface area contributed by atoms with Gasteiger partial charge in [0.25, 0.3) is 0 Å². The first-order valence-corrected chi connectivity index (χ1v) is 11.0. The van der Waals surface area contributed by atoms with E-state index in [-0.39, 0.29) is 37.6 Å². The van der Waals surface area contributed by atoms with Gasteiger partial charge in [-0.2, -0.15) is 0 Å². The molecule has 2 aliphatic rings. The van der Waals surface area contributed by atoms with Crippen LogP contribution in [0.2, 0.25) is 0 Å². The van der Waals surface area contributed by atoms with E-state index in [0.717, 1.165) is 36.8 Å². The summed E-state index contributed by atoms with van der Waals surface area (Å²) < 4.78 is 11.4. The number of aliphatic carboxylic acids is 1. The van der Waals surface area contributed by atoms with Crippen LogP contribution in [-0.4, -0.2) is 59.9 Å². The predicted molar refractivity (Wildman–Crippen MR) is 113 cm³/mol. The van der Waals surface area contributed by atoms with Gasteiger partial charge in [-0.1, -0.05) is 12.1 Å². The lowest BCUT2D eigenvalue weighted by Crippen LogP contribution is -2.31. The molecule has 8 heteroatoms. The molecule has 8 nitrogen and oxygen atoms in total. The number of hydrogen-bond acceptors (Lipinski definition) is 7. The predicted octanol–water partition coefficient (Wildman–Crippen LogP) is 1.50. The van der Waals surface area contributed by atoms with Gasteiger partial charge in [0.1, 0.15) is 18.1 Å². The highest BCUT2D eigenvalue weighted by Gasteiger charge is 2.47. The van der Waals surface area contributed by atoms with Gasteiger partial charge in [-0.3, -0.25) is 10.1 Å². The fourth-order valence-corrected chi connectivity index (χ4v) is 5.13. The highest BCUT2D eigenvalue weighted by molar-refractivity contribution is 5.69. The monoisotopic (exact) mass is 435 g/mol. The molecule has 0 heterocycles. The van der Waals surface area contributed by atoms with E-state index < -0.39 is 12.2 Å². The summed E-state index contributed by atoms with van der Waals surface area (Å²) in [6, 6.07) is 5.75. The van der Waals surface area contributed by atoms with Crippen LogP contribution in [0.1, 0.15) is 43.2 Å². The SMILES string of the molecule is CNC(O)CCC1C2Cc3cccc(OCC(=O)O)c3CC2C[C@H]1OC(=O)CCCO. The van der Waals surface area contributed by atoms with Crippen LogP contribution in [0.25, 0.3) is 0 Å². The molecule has 2 aliphatic carbocycles. The van der Waals surface area contributed by atoms with Gasteiger partial charge >= 0.3 is 11.9 Å². The van der Waals surface area contributed by atoms with Crippen LogP contribution in [-0.2, 0) is 27.2 Å². The van der Waals surface area contributed by atoms with Crippen LogP contribution in [0.15, 0.2) is 18.2 Å². The maximum atomic E-state index is 12.3. The van der Waals surface area contributed by atoms with Crippen LogP contribution >= 0.6 is 0 Å². The third-order valence-corrected chi connectivity index (χ3v) is 6.60. The molecule has 0 radical (unpaired) electrons. The van der Waals surface area contributed by atoms with E-state index in [1.54, 1.807) is 7.05 Å². The van der Waals surface area contributed by atoms with Crippen molar-refractivity contribution in [2.75, 3.05) is 20.3 Å². The first kappa shape index (κ1) is 23.5. The Balaban J connectivity index is 1.76. The fourth-order valence-electron chi connectivity index (χ4n) is 5.13. The molecule has 0 aliphatic heterocycles. The van der Waals surface area contributed by atoms with Gasteiger partial charge < -0.3 is 24.8 Å². The Morgan fingerprint density at radius 3 is 2.81 bits per heavy atom. The molecule has 1 aromatic carbocycles. The van der Waals surface area contributed by atoms with Crippen LogP contribution in [0, 0.1) is 17.8 Å². The number of hydrogen-bond donors (Lipinski definition) is 4. The standard InChI is InChI=1S/C23H33NO7/c1-24-21(26)8-7-16-17-10-14-4-2-5-19(30-13-22(27)28)18(14)11-15(17)12-20(16)31-23(29)6-3-9-25/h2,4-5,15-17,20-21,24-26H,3,6-13H2,1H3,(H,27,28)/t15?,16?,17?,20-,21?/m1/s1. The number of nitrogens with one attached hydrogen (secondary N) is 1. The van der Waals surface area contributed by atoms with Crippen molar-refractivity contribution >= 4 is 11.9 Å². The molecule has 3 rings (SSSR count). The fraction of sp³-hybridized carbons (Fsp3) is 0.652. The third-order valence-electron chi connectivity index (χ3n) is 6.60. The molecule has 4 N–H and O–H groups in total. The molecule has 1 aromatic rings. The molecular weight excluding hydrogens is 402 g/mol. The van der Waals surface area contributed by atoms with Gasteiger partial charge in [0.2, 0.25) is 0 Å². The lowest BCUT2D eigenvalue weighted by molar-refractivity contribution is -0.151. The summed E-state index contributed by atoms with van der Waals surface area (Å²) in [7, 11) is 1.71. The van der Waals surface area contributed by atoms with Crippen molar-refractivity contribution in [3.63, 3.8) is 0 Å². The molecule has 0 amide bonds. The molecule has 4 unspecified atom stereocenters. The molecule has 1 fully saturated rings. The molecule has 5 atom stereocenters. The summed E-state index contributed by atoms with van der Waals surface area (Å²) in [5.74, 6) is 0.0770. The number of esters is 1. The van der Waals surface area contributed by atoms with Gasteiger partial charge in [0.15, 0.2) is 6.61 Å². The number of rotatable bonds is 11. The first-order valence-electron chi connectivity index (χ1n) is 11.0. The van der Waals surface area contributed by atoms with Crippen LogP contribution in [0.3, 0.4) is 0 Å². The molecule has 31 heavy (non-hydrogen) atoms. The minimum Gasteiger partial charge on any atom is -0.482 e. The first-order chi connectivity index (χ1) is 14.9. The molecule has 0 bridgehead atoms. The van der Waals surface area contributed by atoms with Crippen molar-refractivity contribution in [3.05, 3.63) is 29.3 Å². The highest BCUT2D eigenvalue weighted by Crippen LogP contribution is 2.49. The molecule has 172 valence electrons. The molecule has 0 spiro atoms. The van der Waals surface area contributed by atoms with E-state index >= 15 is 0 Å². The van der Waals surface area contributed by atoms with Gasteiger partial charge in [0, 0.05) is 13.0 Å². The minimum atomic E-state index is -1.01. The highest BCUT2D eigenvalue weighted by atomic mass is 16.5. The van der Waals surface area contributed by atoms with Crippen molar-refractivity contribution < 1.29 is 34.4 Å². The number of benzene rings is 1. The second kappa shape index (κ2) is 10.9. The number of fused-ring (bicyclic) bond motifs is 2. The third kappa shape index (κ3) is 5.96. The molecule has 0 saturated heterocycles. The Morgan fingerprint density at radius 2 is 2.10 bits per heavy atom. The quantitative estimate of drug-likeness (QED) is 0.304. The largest absolute Gasteiger partial charge is 0.482 e. The van der Waals surface area contributed by atoms with E-state index in [0.29, 0.717) is 30.4 Å². The maximum Gasteiger partial charge on any atom is 0.341 e. The van der Waals surface area contributed by atoms with Gasteiger partial charge in [0.05, 0.1) is 0 Å². The summed E-state index contributed by atoms with van der Waals surface area (Å²) >= 11 is 0. The number of ether oxygens (including phenoxy) is 2. The second-order valence-corrected chi connectivity index (χ2v) is 8.55. The van der Waals surface area contributed by atoms with Crippen LogP contribution < -0.4 is 10.1 Å². The summed E-state index contributed by atoms with van der Waals surface area (Å²) in [6.07, 6.45) is 3.39. The van der Waals surface area contributed by atoms with E-state index in [9.17, 15) is 14.7 Å². The van der Waals surface area contributed by atoms with Gasteiger partial charge in [-0.25, -0.2) is 4.79 Å². The van der Waals surface area contributed by atoms with Crippen molar-refractivity contribution in [2.45, 2.75) is 57.3 Å². The molecule has 1 saturated carbocycles. The number of carboxylic acid groups (broad SMARTS) is 1. The summed E-state index contributed by atoms with van der Waals surface area (Å²) in [5, 5.41) is 30.8. The Kier molecular flexibility index (Phi) is 8.28. The number of carbonyl (C=O) groups excluding carboxylic acids is 1. The molecular formula is C23H33NO7. The normalized spacial score (nSPS) is 25.4. The lowest BCUT2D eigenvalue weighted by atomic mass is 9.73. The topological polar surface area (TPSA) is 125 Å². The minimum absolute atomic E-state index is 0.0444. The Labute approximate surface area is 182 Å². The second-order valence-electron chi connectivity index (χ2n) is 8.55. The number of aliphatic hydroxyl groups is 2. The van der Waals surface area contributed by atoms with Crippen molar-refractivity contribution in [2.24, 2.45) is 17.8 Å². The smallest absolute Gasteiger partial charge is 0.341 e. The van der Waals surface area contributed by atoms with Gasteiger partial charge in [-0.05, 0) is 80.5 Å². The number of carboxylic acids is 1. The number of aliphatic hydroxyl groups excluding tert-OH is 2. The Bertz CT molecular complexity index is 768. The zero-order chi connectivity index (χ0) is 22.4. The van der Waals surface area contributed by atoms with E-state index in [2.05, 4.69) is 11.4 Å². The van der Waals surface area contributed by atoms with Crippen LogP contribution in [0.4, 0.5) is 0 Å². The zero-order valence-corrected chi connectivity index (χ0v) is 18.0. The number of carbonyl (C=O) groups is 2. The zero-order valence-electron chi connectivity index (χ0n) is 18.0. The Morgan fingerprint density at radius 1 is 1.29 bits per heavy atom. The van der Waals surface area contributed by atoms with Crippen molar-refractivity contribution in [1.29, 1.82) is 0 Å². The maximum absolute atomic E-state index is 12.3. The van der Waals surface area contributed by atoms with E-state index in [4.69, 9.17) is 19.7 Å². The summed E-state index contributed by atoms with van der Waals surface area (Å²) in [6.45, 7) is -0.419. The average molecular weight is 436 g/mol. The van der Waals surface area contributed by atoms with E-state index in [1.165, 1.54) is 0 Å². The van der Waals surface area contributed by atoms with Crippen LogP contribution in [0.5, 0.6) is 5.75 Å². The summed E-state index contributed by atoms with van der Waals surface area (Å²) in [5.41, 5.74) is 2.20. The Hall–Kier alpha value is -2.16. The van der Waals surface area contributed by atoms with Crippen molar-refractivity contribution in [3.8, 4) is 5.75 Å².